The van der Waals surface area contributed by atoms with Crippen molar-refractivity contribution in [1.82, 2.24) is 14.8 Å². The first-order chi connectivity index (χ1) is 6.94. The zero-order valence-corrected chi connectivity index (χ0v) is 10.5. The second kappa shape index (κ2) is 4.62. The van der Waals surface area contributed by atoms with Crippen LogP contribution in [0, 0.1) is 16.7 Å². The minimum atomic E-state index is -0.279. The Morgan fingerprint density at radius 2 is 2.27 bits per heavy atom. The molecule has 0 fully saturated rings. The van der Waals surface area contributed by atoms with Crippen molar-refractivity contribution < 1.29 is 0 Å². The zero-order chi connectivity index (χ0) is 11.5. The molecule has 1 aromatic rings. The van der Waals surface area contributed by atoms with Crippen molar-refractivity contribution >= 4 is 21.9 Å². The highest BCUT2D eigenvalue weighted by Gasteiger charge is 2.16. The van der Waals surface area contributed by atoms with Crippen molar-refractivity contribution in [3.8, 4) is 6.07 Å². The number of nitrogens with two attached hydrogens (primary N) is 1. The number of aryl methyl sites for hydroxylation is 1. The molecule has 0 unspecified atom stereocenters. The number of rotatable bonds is 4. The van der Waals surface area contributed by atoms with Crippen molar-refractivity contribution in [1.29, 1.82) is 5.26 Å². The molecule has 0 spiro atoms. The van der Waals surface area contributed by atoms with Crippen LogP contribution in [0.5, 0.6) is 0 Å². The fourth-order valence-corrected chi connectivity index (χ4v) is 1.65. The Kier molecular flexibility index (Phi) is 3.69. The standard InChI is InChI=1S/C9H14BrN5/c1-9(2,6-11)4-3-5-15-7(10)13-8(12)14-15/h3-5H2,1-2H3,(H2,12,14). The van der Waals surface area contributed by atoms with E-state index in [1.54, 1.807) is 4.68 Å². The molecular formula is C9H14BrN5. The lowest BCUT2D eigenvalue weighted by atomic mass is 9.90. The van der Waals surface area contributed by atoms with E-state index < -0.39 is 0 Å². The molecule has 0 aliphatic rings. The van der Waals surface area contributed by atoms with Crippen molar-refractivity contribution in [3.05, 3.63) is 4.73 Å². The molecular weight excluding hydrogens is 258 g/mol. The Hall–Kier alpha value is -1.09. The fourth-order valence-electron chi connectivity index (χ4n) is 1.21. The Balaban J connectivity index is 2.46. The smallest absolute Gasteiger partial charge is 0.240 e. The number of nitrogens with zero attached hydrogens (tertiary/aromatic N) is 4. The van der Waals surface area contributed by atoms with Crippen LogP contribution < -0.4 is 5.73 Å². The summed E-state index contributed by atoms with van der Waals surface area (Å²) in [4.78, 5) is 3.93. The van der Waals surface area contributed by atoms with E-state index in [0.29, 0.717) is 4.73 Å². The van der Waals surface area contributed by atoms with Gasteiger partial charge in [-0.2, -0.15) is 10.2 Å². The quantitative estimate of drug-likeness (QED) is 0.908. The first-order valence-corrected chi connectivity index (χ1v) is 5.51. The maximum Gasteiger partial charge on any atom is 0.240 e. The number of hydrogen-bond acceptors (Lipinski definition) is 4. The summed E-state index contributed by atoms with van der Waals surface area (Å²) < 4.78 is 2.33. The van der Waals surface area contributed by atoms with E-state index in [0.717, 1.165) is 19.4 Å². The lowest BCUT2D eigenvalue weighted by Gasteiger charge is -2.14. The molecule has 2 N–H and O–H groups in total. The number of anilines is 1. The summed E-state index contributed by atoms with van der Waals surface area (Å²) in [5.74, 6) is 0.265. The summed E-state index contributed by atoms with van der Waals surface area (Å²) in [6, 6.07) is 2.27. The summed E-state index contributed by atoms with van der Waals surface area (Å²) >= 11 is 3.26. The third kappa shape index (κ3) is 3.51. The molecule has 0 saturated heterocycles. The van der Waals surface area contributed by atoms with Gasteiger partial charge in [-0.3, -0.25) is 0 Å². The van der Waals surface area contributed by atoms with Gasteiger partial charge in [0.05, 0.1) is 11.5 Å². The largest absolute Gasteiger partial charge is 0.366 e. The van der Waals surface area contributed by atoms with E-state index in [4.69, 9.17) is 11.0 Å². The van der Waals surface area contributed by atoms with Crippen LogP contribution in [0.4, 0.5) is 5.95 Å². The molecule has 0 bridgehead atoms. The second-order valence-electron chi connectivity index (χ2n) is 4.06. The molecule has 1 heterocycles. The summed E-state index contributed by atoms with van der Waals surface area (Å²) in [5, 5.41) is 12.8. The van der Waals surface area contributed by atoms with Gasteiger partial charge >= 0.3 is 0 Å². The minimum absolute atomic E-state index is 0.265. The van der Waals surface area contributed by atoms with Crippen molar-refractivity contribution in [2.45, 2.75) is 33.2 Å². The average molecular weight is 272 g/mol. The van der Waals surface area contributed by atoms with Gasteiger partial charge < -0.3 is 5.73 Å². The van der Waals surface area contributed by atoms with Crippen molar-refractivity contribution in [2.24, 2.45) is 5.41 Å². The normalized spacial score (nSPS) is 11.3. The highest BCUT2D eigenvalue weighted by atomic mass is 79.9. The van der Waals surface area contributed by atoms with E-state index >= 15 is 0 Å². The molecule has 0 saturated carbocycles. The summed E-state index contributed by atoms with van der Waals surface area (Å²) in [7, 11) is 0. The van der Waals surface area contributed by atoms with Crippen LogP contribution in [0.1, 0.15) is 26.7 Å². The van der Waals surface area contributed by atoms with Gasteiger partial charge in [0.25, 0.3) is 0 Å². The molecule has 0 atom stereocenters. The number of halogens is 1. The van der Waals surface area contributed by atoms with Gasteiger partial charge in [-0.1, -0.05) is 0 Å². The maximum absolute atomic E-state index is 8.84. The predicted octanol–water partition coefficient (Wildman–Crippen LogP) is 1.95. The van der Waals surface area contributed by atoms with Crippen LogP contribution in [-0.4, -0.2) is 14.8 Å². The van der Waals surface area contributed by atoms with E-state index in [1.165, 1.54) is 0 Å². The molecule has 5 nitrogen and oxygen atoms in total. The van der Waals surface area contributed by atoms with Gasteiger partial charge in [0.1, 0.15) is 0 Å². The molecule has 0 amide bonds. The van der Waals surface area contributed by atoms with E-state index in [-0.39, 0.29) is 11.4 Å². The van der Waals surface area contributed by atoms with Crippen LogP contribution >= 0.6 is 15.9 Å². The molecule has 15 heavy (non-hydrogen) atoms. The predicted molar refractivity (Wildman–Crippen MR) is 60.8 cm³/mol. The SMILES string of the molecule is CC(C)(C#N)CCCn1nc(N)nc1Br. The Morgan fingerprint density at radius 3 is 2.73 bits per heavy atom. The van der Waals surface area contributed by atoms with Crippen LogP contribution in [0.2, 0.25) is 0 Å². The van der Waals surface area contributed by atoms with Gasteiger partial charge in [0.2, 0.25) is 5.95 Å². The van der Waals surface area contributed by atoms with Crippen molar-refractivity contribution in [3.63, 3.8) is 0 Å². The van der Waals surface area contributed by atoms with E-state index in [9.17, 15) is 0 Å². The number of nitrogen functional groups attached to an aromatic ring is 1. The monoisotopic (exact) mass is 271 g/mol. The molecule has 82 valence electrons. The highest BCUT2D eigenvalue weighted by molar-refractivity contribution is 9.10. The lowest BCUT2D eigenvalue weighted by molar-refractivity contribution is 0.405. The fraction of sp³-hybridized carbons (Fsp3) is 0.667. The Labute approximate surface area is 97.4 Å². The maximum atomic E-state index is 8.84. The third-order valence-electron chi connectivity index (χ3n) is 2.12. The molecule has 6 heteroatoms. The third-order valence-corrected chi connectivity index (χ3v) is 2.70. The van der Waals surface area contributed by atoms with Crippen molar-refractivity contribution in [2.75, 3.05) is 5.73 Å². The Morgan fingerprint density at radius 1 is 1.60 bits per heavy atom. The van der Waals surface area contributed by atoms with Crippen LogP contribution in [0.15, 0.2) is 4.73 Å². The van der Waals surface area contributed by atoms with Gasteiger partial charge in [0, 0.05) is 6.54 Å². The number of hydrogen-bond donors (Lipinski definition) is 1. The summed E-state index contributed by atoms with van der Waals surface area (Å²) in [6.45, 7) is 4.57. The van der Waals surface area contributed by atoms with Crippen LogP contribution in [0.25, 0.3) is 0 Å². The number of aromatic nitrogens is 3. The first-order valence-electron chi connectivity index (χ1n) is 4.72. The zero-order valence-electron chi connectivity index (χ0n) is 8.87. The van der Waals surface area contributed by atoms with Crippen LogP contribution in [-0.2, 0) is 6.54 Å². The first kappa shape index (κ1) is 12.0. The topological polar surface area (TPSA) is 80.5 Å². The molecule has 1 rings (SSSR count). The molecule has 0 radical (unpaired) electrons. The van der Waals surface area contributed by atoms with Gasteiger partial charge in [-0.25, -0.2) is 4.68 Å². The van der Waals surface area contributed by atoms with Gasteiger partial charge in [-0.15, -0.1) is 5.10 Å². The summed E-state index contributed by atoms with van der Waals surface area (Å²) in [6.07, 6.45) is 1.71. The second-order valence-corrected chi connectivity index (χ2v) is 4.77. The summed E-state index contributed by atoms with van der Waals surface area (Å²) in [5.41, 5.74) is 5.16. The van der Waals surface area contributed by atoms with Crippen LogP contribution in [0.3, 0.4) is 0 Å². The molecule has 0 aliphatic carbocycles. The Bertz CT molecular complexity index is 376. The van der Waals surface area contributed by atoms with Gasteiger partial charge in [-0.05, 0) is 42.6 Å². The van der Waals surface area contributed by atoms with Gasteiger partial charge in [0.15, 0.2) is 4.73 Å². The molecule has 0 aliphatic heterocycles. The minimum Gasteiger partial charge on any atom is -0.366 e. The molecule has 0 aromatic carbocycles. The average Bonchev–Trinajstić information content (AvgIpc) is 2.45. The molecule has 1 aromatic heterocycles. The van der Waals surface area contributed by atoms with E-state index in [1.807, 2.05) is 13.8 Å². The number of nitriles is 1. The highest BCUT2D eigenvalue weighted by Crippen LogP contribution is 2.21. The lowest BCUT2D eigenvalue weighted by Crippen LogP contribution is -2.10. The van der Waals surface area contributed by atoms with E-state index in [2.05, 4.69) is 32.1 Å².